The Hall–Kier alpha value is -1.36. The van der Waals surface area contributed by atoms with E-state index in [2.05, 4.69) is 0 Å². The topological polar surface area (TPSA) is 74.6 Å². The van der Waals surface area contributed by atoms with E-state index in [0.29, 0.717) is 5.75 Å². The third-order valence-corrected chi connectivity index (χ3v) is 3.12. The summed E-state index contributed by atoms with van der Waals surface area (Å²) in [5.41, 5.74) is 0.830. The normalized spacial score (nSPS) is 12.3. The number of phenols is 1. The van der Waals surface area contributed by atoms with Crippen LogP contribution in [0.15, 0.2) is 24.3 Å². The van der Waals surface area contributed by atoms with Crippen LogP contribution in [0.2, 0.25) is 0 Å². The monoisotopic (exact) mass is 228 g/mol. The van der Waals surface area contributed by atoms with E-state index in [1.54, 1.807) is 12.1 Å². The quantitative estimate of drug-likeness (QED) is 0.791. The lowest BCUT2D eigenvalue weighted by atomic mass is 10.2. The van der Waals surface area contributed by atoms with E-state index in [-0.39, 0.29) is 17.9 Å². The van der Waals surface area contributed by atoms with Crippen LogP contribution in [0, 0.1) is 0 Å². The fraction of sp³-hybridized carbons (Fsp3) is 0.300. The fourth-order valence-electron chi connectivity index (χ4n) is 1.05. The smallest absolute Gasteiger partial charge is 0.304 e. The largest absolute Gasteiger partial charge is 0.508 e. The van der Waals surface area contributed by atoms with E-state index in [9.17, 15) is 9.00 Å². The molecule has 0 spiro atoms. The molecule has 0 amide bonds. The Kier molecular flexibility index (Phi) is 4.30. The highest BCUT2D eigenvalue weighted by Gasteiger charge is 2.04. The van der Waals surface area contributed by atoms with E-state index < -0.39 is 16.8 Å². The highest BCUT2D eigenvalue weighted by Crippen LogP contribution is 2.11. The predicted octanol–water partition coefficient (Wildman–Crippen LogP) is 1.12. The van der Waals surface area contributed by atoms with Gasteiger partial charge in [-0.2, -0.15) is 0 Å². The summed E-state index contributed by atoms with van der Waals surface area (Å²) in [7, 11) is -1.16. The van der Waals surface area contributed by atoms with Crippen LogP contribution in [0.5, 0.6) is 5.75 Å². The van der Waals surface area contributed by atoms with E-state index in [0.717, 1.165) is 5.56 Å². The average molecular weight is 228 g/mol. The molecule has 0 fully saturated rings. The van der Waals surface area contributed by atoms with Crippen molar-refractivity contribution in [1.82, 2.24) is 0 Å². The summed E-state index contributed by atoms with van der Waals surface area (Å²) in [5.74, 6) is -0.284. The molecule has 15 heavy (non-hydrogen) atoms. The molecular weight excluding hydrogens is 216 g/mol. The van der Waals surface area contributed by atoms with Crippen LogP contribution in [-0.2, 0) is 21.3 Å². The molecule has 1 aromatic carbocycles. The highest BCUT2D eigenvalue weighted by atomic mass is 32.2. The Bertz CT molecular complexity index is 358. The van der Waals surface area contributed by atoms with Gasteiger partial charge in [-0.3, -0.25) is 9.00 Å². The zero-order valence-electron chi connectivity index (χ0n) is 8.05. The van der Waals surface area contributed by atoms with Crippen LogP contribution in [0.1, 0.15) is 12.0 Å². The lowest BCUT2D eigenvalue weighted by Crippen LogP contribution is -2.06. The first-order valence-electron chi connectivity index (χ1n) is 4.42. The second-order valence-electron chi connectivity index (χ2n) is 3.10. The number of rotatable bonds is 5. The van der Waals surface area contributed by atoms with Crippen LogP contribution in [0.25, 0.3) is 0 Å². The van der Waals surface area contributed by atoms with Gasteiger partial charge in [0, 0.05) is 22.3 Å². The van der Waals surface area contributed by atoms with Crippen LogP contribution in [-0.4, -0.2) is 26.1 Å². The Labute approximate surface area is 90.0 Å². The van der Waals surface area contributed by atoms with Gasteiger partial charge in [-0.15, -0.1) is 0 Å². The van der Waals surface area contributed by atoms with E-state index in [4.69, 9.17) is 10.2 Å². The van der Waals surface area contributed by atoms with Gasteiger partial charge in [-0.25, -0.2) is 0 Å². The zero-order valence-corrected chi connectivity index (χ0v) is 8.87. The number of benzene rings is 1. The molecule has 0 saturated carbocycles. The van der Waals surface area contributed by atoms with E-state index >= 15 is 0 Å². The molecule has 0 aliphatic rings. The maximum atomic E-state index is 11.4. The summed E-state index contributed by atoms with van der Waals surface area (Å²) in [5, 5.41) is 17.4. The molecule has 0 saturated heterocycles. The molecule has 0 heterocycles. The van der Waals surface area contributed by atoms with Gasteiger partial charge in [0.25, 0.3) is 0 Å². The van der Waals surface area contributed by atoms with Gasteiger partial charge < -0.3 is 10.2 Å². The van der Waals surface area contributed by atoms with Crippen molar-refractivity contribution < 1.29 is 19.2 Å². The fourth-order valence-corrected chi connectivity index (χ4v) is 2.16. The number of carboxylic acids is 1. The first kappa shape index (κ1) is 11.7. The van der Waals surface area contributed by atoms with E-state index in [1.807, 2.05) is 0 Å². The van der Waals surface area contributed by atoms with Crippen molar-refractivity contribution >= 4 is 16.8 Å². The molecule has 1 atom stereocenters. The minimum absolute atomic E-state index is 0.0787. The maximum Gasteiger partial charge on any atom is 0.304 e. The van der Waals surface area contributed by atoms with Crippen molar-refractivity contribution in [2.75, 3.05) is 5.75 Å². The number of phenolic OH excluding ortho intramolecular Hbond substituents is 1. The zero-order chi connectivity index (χ0) is 11.3. The lowest BCUT2D eigenvalue weighted by Gasteiger charge is -2.01. The minimum Gasteiger partial charge on any atom is -0.508 e. The predicted molar refractivity (Wildman–Crippen MR) is 57.1 cm³/mol. The average Bonchev–Trinajstić information content (AvgIpc) is 2.19. The second-order valence-corrected chi connectivity index (χ2v) is 4.68. The first-order chi connectivity index (χ1) is 7.08. The van der Waals surface area contributed by atoms with Gasteiger partial charge in [0.05, 0.1) is 6.42 Å². The summed E-state index contributed by atoms with van der Waals surface area (Å²) in [6, 6.07) is 6.38. The van der Waals surface area contributed by atoms with Crippen LogP contribution in [0.3, 0.4) is 0 Å². The van der Waals surface area contributed by atoms with Crippen LogP contribution < -0.4 is 0 Å². The van der Waals surface area contributed by atoms with Crippen molar-refractivity contribution in [3.63, 3.8) is 0 Å². The van der Waals surface area contributed by atoms with Crippen LogP contribution in [0.4, 0.5) is 0 Å². The summed E-state index contributed by atoms with van der Waals surface area (Å²) < 4.78 is 11.4. The molecule has 0 radical (unpaired) electrons. The number of aromatic hydroxyl groups is 1. The molecule has 82 valence electrons. The van der Waals surface area contributed by atoms with Crippen molar-refractivity contribution in [2.45, 2.75) is 12.2 Å². The molecular formula is C10H12O4S. The first-order valence-corrected chi connectivity index (χ1v) is 5.91. The third kappa shape index (κ3) is 4.60. The number of aliphatic carboxylic acids is 1. The number of hydrogen-bond donors (Lipinski definition) is 2. The minimum atomic E-state index is -1.16. The molecule has 2 N–H and O–H groups in total. The summed E-state index contributed by atoms with van der Waals surface area (Å²) in [4.78, 5) is 10.2. The molecule has 5 heteroatoms. The summed E-state index contributed by atoms with van der Waals surface area (Å²) in [6.45, 7) is 0. The third-order valence-electron chi connectivity index (χ3n) is 1.81. The Morgan fingerprint density at radius 3 is 2.40 bits per heavy atom. The van der Waals surface area contributed by atoms with Crippen molar-refractivity contribution in [3.8, 4) is 5.75 Å². The van der Waals surface area contributed by atoms with Gasteiger partial charge in [0.2, 0.25) is 0 Å². The molecule has 0 aliphatic heterocycles. The number of carbonyl (C=O) groups is 1. The lowest BCUT2D eigenvalue weighted by molar-refractivity contribution is -0.136. The number of carboxylic acid groups (broad SMARTS) is 1. The van der Waals surface area contributed by atoms with Crippen molar-refractivity contribution in [1.29, 1.82) is 0 Å². The van der Waals surface area contributed by atoms with Gasteiger partial charge in [-0.05, 0) is 17.7 Å². The molecule has 1 unspecified atom stereocenters. The SMILES string of the molecule is O=C(O)CCS(=O)Cc1ccc(O)cc1. The van der Waals surface area contributed by atoms with Crippen molar-refractivity contribution in [2.24, 2.45) is 0 Å². The van der Waals surface area contributed by atoms with Gasteiger partial charge in [0.1, 0.15) is 5.75 Å². The van der Waals surface area contributed by atoms with Crippen LogP contribution >= 0.6 is 0 Å². The summed E-state index contributed by atoms with van der Waals surface area (Å²) >= 11 is 0. The second kappa shape index (κ2) is 5.50. The molecule has 1 aromatic rings. The van der Waals surface area contributed by atoms with Gasteiger partial charge >= 0.3 is 5.97 Å². The molecule has 1 rings (SSSR count). The molecule has 4 nitrogen and oxygen atoms in total. The van der Waals surface area contributed by atoms with Crippen molar-refractivity contribution in [3.05, 3.63) is 29.8 Å². The Morgan fingerprint density at radius 1 is 1.27 bits per heavy atom. The Morgan fingerprint density at radius 2 is 1.87 bits per heavy atom. The van der Waals surface area contributed by atoms with E-state index in [1.165, 1.54) is 12.1 Å². The maximum absolute atomic E-state index is 11.4. The molecule has 0 bridgehead atoms. The standard InChI is InChI=1S/C10H12O4S/c11-9-3-1-8(2-4-9)7-15(14)6-5-10(12)13/h1-4,11H,5-7H2,(H,12,13). The summed E-state index contributed by atoms with van der Waals surface area (Å²) in [6.07, 6.45) is -0.0787. The van der Waals surface area contributed by atoms with Gasteiger partial charge in [0.15, 0.2) is 0 Å². The Balaban J connectivity index is 2.44. The molecule has 0 aromatic heterocycles. The molecule has 0 aliphatic carbocycles. The highest BCUT2D eigenvalue weighted by molar-refractivity contribution is 7.84. The number of hydrogen-bond acceptors (Lipinski definition) is 3. The van der Waals surface area contributed by atoms with Gasteiger partial charge in [-0.1, -0.05) is 12.1 Å².